The largest absolute Gasteiger partial charge is 0.357 e. The summed E-state index contributed by atoms with van der Waals surface area (Å²) in [6, 6.07) is 9.29. The quantitative estimate of drug-likeness (QED) is 0.666. The number of nitrogens with zero attached hydrogens (tertiary/aromatic N) is 4. The van der Waals surface area contributed by atoms with Gasteiger partial charge in [-0.1, -0.05) is 24.3 Å². The summed E-state index contributed by atoms with van der Waals surface area (Å²) in [5, 5.41) is 3.50. The van der Waals surface area contributed by atoms with E-state index in [0.717, 1.165) is 64.7 Å². The summed E-state index contributed by atoms with van der Waals surface area (Å²) in [7, 11) is 2.21. The first-order valence-corrected chi connectivity index (χ1v) is 9.70. The molecule has 1 saturated heterocycles. The van der Waals surface area contributed by atoms with E-state index in [0.29, 0.717) is 6.04 Å². The molecule has 0 aliphatic carbocycles. The van der Waals surface area contributed by atoms with Crippen molar-refractivity contribution in [3.63, 3.8) is 0 Å². The number of rotatable bonds is 4. The molecule has 1 aromatic carbocycles. The van der Waals surface area contributed by atoms with Crippen molar-refractivity contribution in [3.8, 4) is 0 Å². The maximum atomic E-state index is 4.98. The lowest BCUT2D eigenvalue weighted by Crippen LogP contribution is -2.49. The van der Waals surface area contributed by atoms with Crippen molar-refractivity contribution in [2.24, 2.45) is 4.99 Å². The fourth-order valence-corrected chi connectivity index (χ4v) is 3.70. The van der Waals surface area contributed by atoms with Crippen LogP contribution in [0.3, 0.4) is 0 Å². The van der Waals surface area contributed by atoms with E-state index in [1.165, 1.54) is 11.1 Å². The average Bonchev–Trinajstić information content (AvgIpc) is 2.65. The minimum absolute atomic E-state index is 0.499. The third kappa shape index (κ3) is 4.73. The van der Waals surface area contributed by atoms with Crippen LogP contribution in [0.5, 0.6) is 0 Å². The van der Waals surface area contributed by atoms with Gasteiger partial charge in [0, 0.05) is 51.9 Å². The van der Waals surface area contributed by atoms with Crippen molar-refractivity contribution in [2.45, 2.75) is 32.9 Å². The number of aliphatic imine (C=N–C) groups is 1. The predicted molar refractivity (Wildman–Crippen MR) is 105 cm³/mol. The lowest BCUT2D eigenvalue weighted by atomic mass is 10.0. The van der Waals surface area contributed by atoms with E-state index in [9.17, 15) is 0 Å². The molecule has 0 spiro atoms. The molecule has 1 unspecified atom stereocenters. The van der Waals surface area contributed by atoms with Gasteiger partial charge in [0.1, 0.15) is 0 Å². The molecule has 0 radical (unpaired) electrons. The minimum Gasteiger partial charge on any atom is -0.357 e. The highest BCUT2D eigenvalue weighted by Gasteiger charge is 2.21. The number of hydrogen-bond donors (Lipinski definition) is 1. The molecule has 25 heavy (non-hydrogen) atoms. The molecule has 0 amide bonds. The maximum Gasteiger partial charge on any atom is 0.194 e. The third-order valence-corrected chi connectivity index (χ3v) is 5.43. The summed E-state index contributed by atoms with van der Waals surface area (Å²) in [6.45, 7) is 12.9. The number of hydrogen-bond acceptors (Lipinski definition) is 3. The molecule has 0 bridgehead atoms. The maximum absolute atomic E-state index is 4.98. The topological polar surface area (TPSA) is 34.1 Å². The van der Waals surface area contributed by atoms with Gasteiger partial charge in [-0.15, -0.1) is 0 Å². The Morgan fingerprint density at radius 2 is 1.84 bits per heavy atom. The van der Waals surface area contributed by atoms with Crippen LogP contribution in [0, 0.1) is 0 Å². The lowest BCUT2D eigenvalue weighted by molar-refractivity contribution is 0.122. The summed E-state index contributed by atoms with van der Waals surface area (Å²) in [5.41, 5.74) is 2.92. The SMILES string of the molecule is CCNC(=NCC(C)N1CCN(C)CC1)N1CCc2ccccc2C1. The van der Waals surface area contributed by atoms with E-state index in [1.54, 1.807) is 0 Å². The van der Waals surface area contributed by atoms with Crippen LogP contribution >= 0.6 is 0 Å². The Morgan fingerprint density at radius 3 is 2.56 bits per heavy atom. The minimum atomic E-state index is 0.499. The van der Waals surface area contributed by atoms with E-state index in [-0.39, 0.29) is 0 Å². The second-order valence-corrected chi connectivity index (χ2v) is 7.32. The summed E-state index contributed by atoms with van der Waals surface area (Å²) in [4.78, 5) is 12.4. The first-order chi connectivity index (χ1) is 12.2. The molecule has 1 N–H and O–H groups in total. The first-order valence-electron chi connectivity index (χ1n) is 9.70. The van der Waals surface area contributed by atoms with Gasteiger partial charge in [-0.3, -0.25) is 9.89 Å². The second kappa shape index (κ2) is 8.68. The highest BCUT2D eigenvalue weighted by Crippen LogP contribution is 2.18. The van der Waals surface area contributed by atoms with Crippen molar-refractivity contribution < 1.29 is 0 Å². The van der Waals surface area contributed by atoms with Crippen LogP contribution in [-0.4, -0.2) is 79.6 Å². The van der Waals surface area contributed by atoms with Crippen LogP contribution in [0.25, 0.3) is 0 Å². The highest BCUT2D eigenvalue weighted by atomic mass is 15.3. The number of benzene rings is 1. The first kappa shape index (κ1) is 18.2. The van der Waals surface area contributed by atoms with Crippen LogP contribution in [-0.2, 0) is 13.0 Å². The van der Waals surface area contributed by atoms with Gasteiger partial charge >= 0.3 is 0 Å². The van der Waals surface area contributed by atoms with E-state index in [4.69, 9.17) is 4.99 Å². The number of guanidine groups is 1. The number of nitrogens with one attached hydrogen (secondary N) is 1. The zero-order chi connectivity index (χ0) is 17.6. The summed E-state index contributed by atoms with van der Waals surface area (Å²) >= 11 is 0. The van der Waals surface area contributed by atoms with Crippen molar-refractivity contribution in [1.29, 1.82) is 0 Å². The third-order valence-electron chi connectivity index (χ3n) is 5.43. The highest BCUT2D eigenvalue weighted by molar-refractivity contribution is 5.80. The molecule has 1 atom stereocenters. The molecule has 0 saturated carbocycles. The normalized spacial score (nSPS) is 21.1. The Hall–Kier alpha value is -1.59. The molecular weight excluding hydrogens is 310 g/mol. The molecule has 138 valence electrons. The summed E-state index contributed by atoms with van der Waals surface area (Å²) in [5.74, 6) is 1.07. The molecule has 2 aliphatic heterocycles. The Morgan fingerprint density at radius 1 is 1.12 bits per heavy atom. The second-order valence-electron chi connectivity index (χ2n) is 7.32. The van der Waals surface area contributed by atoms with E-state index < -0.39 is 0 Å². The van der Waals surface area contributed by atoms with Crippen molar-refractivity contribution >= 4 is 5.96 Å². The van der Waals surface area contributed by atoms with Gasteiger partial charge in [0.15, 0.2) is 5.96 Å². The van der Waals surface area contributed by atoms with Gasteiger partial charge in [-0.25, -0.2) is 0 Å². The molecule has 5 heteroatoms. The Bertz CT molecular complexity index is 577. The zero-order valence-electron chi connectivity index (χ0n) is 16.0. The van der Waals surface area contributed by atoms with Crippen molar-refractivity contribution in [2.75, 3.05) is 52.9 Å². The standard InChI is InChI=1S/C20H33N5/c1-4-21-20(22-15-17(2)24-13-11-23(3)12-14-24)25-10-9-18-7-5-6-8-19(18)16-25/h5-8,17H,4,9-16H2,1-3H3,(H,21,22). The molecule has 1 fully saturated rings. The Kier molecular flexibility index (Phi) is 6.32. The fourth-order valence-electron chi connectivity index (χ4n) is 3.70. The van der Waals surface area contributed by atoms with Crippen LogP contribution in [0.15, 0.2) is 29.3 Å². The molecular formula is C20H33N5. The van der Waals surface area contributed by atoms with E-state index in [1.807, 2.05) is 0 Å². The van der Waals surface area contributed by atoms with Gasteiger partial charge in [-0.2, -0.15) is 0 Å². The van der Waals surface area contributed by atoms with Gasteiger partial charge in [0.05, 0.1) is 6.54 Å². The lowest BCUT2D eigenvalue weighted by Gasteiger charge is -2.36. The van der Waals surface area contributed by atoms with E-state index in [2.05, 4.69) is 65.2 Å². The Balaban J connectivity index is 1.61. The average molecular weight is 344 g/mol. The smallest absolute Gasteiger partial charge is 0.194 e. The summed E-state index contributed by atoms with van der Waals surface area (Å²) in [6.07, 6.45) is 1.11. The molecule has 5 nitrogen and oxygen atoms in total. The van der Waals surface area contributed by atoms with Gasteiger partial charge in [-0.05, 0) is 38.4 Å². The van der Waals surface area contributed by atoms with Crippen molar-refractivity contribution in [3.05, 3.63) is 35.4 Å². The number of likely N-dealkylation sites (N-methyl/N-ethyl adjacent to an activating group) is 1. The summed E-state index contributed by atoms with van der Waals surface area (Å²) < 4.78 is 0. The zero-order valence-corrected chi connectivity index (χ0v) is 16.0. The van der Waals surface area contributed by atoms with E-state index >= 15 is 0 Å². The van der Waals surface area contributed by atoms with Gasteiger partial charge in [0.25, 0.3) is 0 Å². The molecule has 0 aromatic heterocycles. The van der Waals surface area contributed by atoms with Gasteiger partial charge < -0.3 is 15.1 Å². The van der Waals surface area contributed by atoms with Gasteiger partial charge in [0.2, 0.25) is 0 Å². The fraction of sp³-hybridized carbons (Fsp3) is 0.650. The monoisotopic (exact) mass is 343 g/mol. The Labute approximate surface area is 152 Å². The molecule has 3 rings (SSSR count). The molecule has 2 heterocycles. The van der Waals surface area contributed by atoms with Crippen molar-refractivity contribution in [1.82, 2.24) is 20.0 Å². The van der Waals surface area contributed by atoms with Crippen LogP contribution in [0.2, 0.25) is 0 Å². The number of fused-ring (bicyclic) bond motifs is 1. The molecule has 1 aromatic rings. The molecule has 2 aliphatic rings. The van der Waals surface area contributed by atoms with Crippen LogP contribution in [0.4, 0.5) is 0 Å². The predicted octanol–water partition coefficient (Wildman–Crippen LogP) is 1.65. The number of piperazine rings is 1. The van der Waals surface area contributed by atoms with Crippen LogP contribution in [0.1, 0.15) is 25.0 Å². The van der Waals surface area contributed by atoms with Crippen LogP contribution < -0.4 is 5.32 Å².